The molecule has 18 rings (SSSR count). The number of hydrogen-bond acceptors (Lipinski definition) is 0. The highest BCUT2D eigenvalue weighted by Crippen LogP contribution is 2.55. The summed E-state index contributed by atoms with van der Waals surface area (Å²) in [5, 5.41) is 7.21. The molecule has 6 fully saturated rings. The summed E-state index contributed by atoms with van der Waals surface area (Å²) < 4.78 is 61.4. The van der Waals surface area contributed by atoms with Crippen molar-refractivity contribution in [2.75, 3.05) is 0 Å². The van der Waals surface area contributed by atoms with E-state index in [1.54, 1.807) is 0 Å². The molecule has 2 spiro atoms. The molecule has 6 saturated carbocycles. The summed E-state index contributed by atoms with van der Waals surface area (Å²) in [5.74, 6) is -1.80. The van der Waals surface area contributed by atoms with Crippen molar-refractivity contribution in [2.24, 2.45) is 43.8 Å². The largest absolute Gasteiger partial charge is 0.213 e. The molecule has 3 heteroatoms. The van der Waals surface area contributed by atoms with Gasteiger partial charge in [-0.05, 0) is 317 Å². The first-order valence-electron chi connectivity index (χ1n) is 46.2. The van der Waals surface area contributed by atoms with Crippen molar-refractivity contribution in [3.05, 3.63) is 269 Å². The van der Waals surface area contributed by atoms with Gasteiger partial charge in [-0.25, -0.2) is 13.7 Å². The molecule has 576 valence electrons. The fourth-order valence-corrected chi connectivity index (χ4v) is 21.3. The molecule has 12 aromatic rings. The third kappa shape index (κ3) is 16.4. The summed E-state index contributed by atoms with van der Waals surface area (Å²) in [7, 11) is 6.25. The zero-order valence-corrected chi connectivity index (χ0v) is 69.8. The quantitative estimate of drug-likeness (QED) is 0.102. The van der Waals surface area contributed by atoms with E-state index in [0.717, 1.165) is 118 Å². The van der Waals surface area contributed by atoms with Crippen molar-refractivity contribution in [2.45, 2.75) is 252 Å². The highest BCUT2D eigenvalue weighted by Gasteiger charge is 2.40. The van der Waals surface area contributed by atoms with Gasteiger partial charge >= 0.3 is 0 Å². The van der Waals surface area contributed by atoms with E-state index in [9.17, 15) is 4.11 Å². The van der Waals surface area contributed by atoms with Gasteiger partial charge in [-0.3, -0.25) is 0 Å². The molecule has 6 aliphatic carbocycles. The zero-order chi connectivity index (χ0) is 82.9. The maximum absolute atomic E-state index is 9.39. The topological polar surface area (TPSA) is 11.6 Å². The number of fused-ring (bicyclic) bond motifs is 3. The van der Waals surface area contributed by atoms with Crippen LogP contribution in [0.15, 0.2) is 219 Å². The number of nitrogens with zero attached hydrogens (tertiary/aromatic N) is 3. The Morgan fingerprint density at radius 2 is 0.571 bits per heavy atom. The zero-order valence-electron chi connectivity index (χ0n) is 75.8. The molecule has 0 amide bonds. The van der Waals surface area contributed by atoms with Gasteiger partial charge in [-0.1, -0.05) is 239 Å². The molecule has 3 aromatic heterocycles. The molecular weight excluding hydrogens is 1350 g/mol. The molecule has 0 N–H and O–H groups in total. The van der Waals surface area contributed by atoms with Crippen LogP contribution in [-0.2, 0) is 21.1 Å². The van der Waals surface area contributed by atoms with Crippen LogP contribution in [0.4, 0.5) is 0 Å². The minimum atomic E-state index is -0.731. The van der Waals surface area contributed by atoms with E-state index < -0.39 is 35.4 Å². The maximum atomic E-state index is 9.39. The fraction of sp³-hybridized carbons (Fsp3) is 0.422. The summed E-state index contributed by atoms with van der Waals surface area (Å²) >= 11 is 0. The van der Waals surface area contributed by atoms with Crippen LogP contribution in [0.1, 0.15) is 289 Å². The Kier molecular flexibility index (Phi) is 20.8. The molecule has 0 atom stereocenters. The van der Waals surface area contributed by atoms with Crippen molar-refractivity contribution in [1.82, 2.24) is 0 Å². The van der Waals surface area contributed by atoms with Crippen LogP contribution in [0, 0.1) is 43.4 Å². The fourth-order valence-electron chi connectivity index (χ4n) is 21.3. The van der Waals surface area contributed by atoms with Crippen LogP contribution < -0.4 is 13.7 Å². The van der Waals surface area contributed by atoms with E-state index in [1.807, 2.05) is 41.5 Å². The van der Waals surface area contributed by atoms with Crippen molar-refractivity contribution in [3.63, 3.8) is 0 Å². The lowest BCUT2D eigenvalue weighted by Gasteiger charge is -2.37. The Bertz CT molecular complexity index is 5470. The van der Waals surface area contributed by atoms with Gasteiger partial charge in [0.15, 0.2) is 18.6 Å². The second kappa shape index (κ2) is 33.3. The predicted molar refractivity (Wildman–Crippen MR) is 475 cm³/mol. The maximum Gasteiger partial charge on any atom is 0.213 e. The molecule has 9 aromatic carbocycles. The number of aromatic nitrogens is 3. The van der Waals surface area contributed by atoms with Crippen LogP contribution >= 0.6 is 0 Å². The second-order valence-electron chi connectivity index (χ2n) is 36.2. The van der Waals surface area contributed by atoms with Crippen LogP contribution in [0.2, 0.25) is 0 Å². The van der Waals surface area contributed by atoms with Gasteiger partial charge in [0.05, 0.1) is 0 Å². The van der Waals surface area contributed by atoms with Crippen molar-refractivity contribution in [1.29, 1.82) is 0 Å². The van der Waals surface area contributed by atoms with E-state index in [4.69, 9.17) is 4.11 Å². The van der Waals surface area contributed by atoms with Crippen LogP contribution in [-0.4, -0.2) is 0 Å². The molecule has 0 aliphatic heterocycles. The summed E-state index contributed by atoms with van der Waals surface area (Å²) in [5.41, 5.74) is 25.3. The lowest BCUT2D eigenvalue weighted by molar-refractivity contribution is -0.660. The molecule has 3 heterocycles. The number of rotatable bonds is 13. The van der Waals surface area contributed by atoms with Crippen molar-refractivity contribution >= 4 is 32.3 Å². The summed E-state index contributed by atoms with van der Waals surface area (Å²) in [6, 6.07) is 72.6. The average molecular weight is 1490 g/mol. The Morgan fingerprint density at radius 1 is 0.295 bits per heavy atom. The number of benzene rings is 9. The Balaban J connectivity index is 0.000000132. The van der Waals surface area contributed by atoms with Crippen LogP contribution in [0.5, 0.6) is 0 Å². The molecule has 112 heavy (non-hydrogen) atoms. The Morgan fingerprint density at radius 3 is 0.875 bits per heavy atom. The van der Waals surface area contributed by atoms with E-state index in [2.05, 4.69) is 274 Å². The van der Waals surface area contributed by atoms with Gasteiger partial charge in [-0.15, -0.1) is 0 Å². The molecule has 0 unspecified atom stereocenters. The monoisotopic (exact) mass is 1490 g/mol. The summed E-state index contributed by atoms with van der Waals surface area (Å²) in [6.07, 6.45) is 36.3. The average Bonchev–Trinajstić information content (AvgIpc) is 0.898. The molecule has 0 saturated heterocycles. The van der Waals surface area contributed by atoms with Crippen molar-refractivity contribution in [3.8, 4) is 67.2 Å². The van der Waals surface area contributed by atoms with E-state index in [0.29, 0.717) is 10.8 Å². The SMILES string of the molecule is [2H]C(C)(C)c1c[n+](C)c(-c2ccccc2C)cc1-c1ccc2cc(C3([2H])CCC(C4CCCC4)CC3)ccc2c1.[2H]C(C)(C)c1c[n+](C)c(-c2ccccc2C)cc1-c1ccc2cc(C3([2H])CCC4(CCCC4)CC3)ccc2c1.[2H]C(C)(C)c1c[n+](C)c(-c2ccccc2C)cc1-c1ccc2cc(C3([2H])CCC4(CCCC4)CC3)ccc2c1. The first kappa shape index (κ1) is 69.9. The molecular formula is C109H128N3+3. The minimum absolute atomic E-state index is 0.457. The van der Waals surface area contributed by atoms with E-state index >= 15 is 0 Å². The van der Waals surface area contributed by atoms with Gasteiger partial charge in [-0.2, -0.15) is 0 Å². The highest BCUT2D eigenvalue weighted by atomic mass is 14.9. The molecule has 0 bridgehead atoms. The standard InChI is InChI=1S/C37H44N.2C36H42N/c1-25(2)36-24-38(4)37(34-12-8-5-9-26(34)3)23-35(36)33-20-19-31-21-30(17-18-32(31)22-33)29-15-13-28(14-16-29)27-10-6-7-11-27;2*1-25(2)34-24-37(4)35(32-10-6-5-9-26(32)3)23-33(34)31-14-13-29-21-28(11-12-30(29)22-31)27-15-19-36(20-16-27)17-7-8-18-36/h5,8-9,12,17-25,27-29H,6-7,10-11,13-16H2,1-4H3;2*5-6,9-14,21-25,27H,7-8,15-20H2,1-4H3/q3*+1/i25D,29D;2*25D,27D. The first-order valence-corrected chi connectivity index (χ1v) is 43.2. The lowest BCUT2D eigenvalue weighted by atomic mass is 9.68. The van der Waals surface area contributed by atoms with Gasteiger partial charge in [0.2, 0.25) is 17.1 Å². The number of aryl methyl sites for hydroxylation is 6. The molecule has 6 aliphatic rings. The van der Waals surface area contributed by atoms with Crippen LogP contribution in [0.3, 0.4) is 0 Å². The minimum Gasteiger partial charge on any atom is -0.201 e. The van der Waals surface area contributed by atoms with Crippen LogP contribution in [0.25, 0.3) is 99.5 Å². The van der Waals surface area contributed by atoms with Crippen molar-refractivity contribution < 1.29 is 21.9 Å². The third-order valence-corrected chi connectivity index (χ3v) is 28.2. The van der Waals surface area contributed by atoms with Gasteiger partial charge in [0.25, 0.3) is 0 Å². The van der Waals surface area contributed by atoms with Gasteiger partial charge < -0.3 is 0 Å². The lowest BCUT2D eigenvalue weighted by Crippen LogP contribution is -2.32. The first-order chi connectivity index (χ1) is 56.3. The van der Waals surface area contributed by atoms with E-state index in [1.165, 1.54) is 198 Å². The summed E-state index contributed by atoms with van der Waals surface area (Å²) in [4.78, 5) is 0. The van der Waals surface area contributed by atoms with E-state index in [-0.39, 0.29) is 0 Å². The molecule has 3 nitrogen and oxygen atoms in total. The number of hydrogen-bond donors (Lipinski definition) is 0. The highest BCUT2D eigenvalue weighted by molar-refractivity contribution is 5.92. The number of pyridine rings is 3. The summed E-state index contributed by atoms with van der Waals surface area (Å²) in [6.45, 7) is 18.3. The third-order valence-electron chi connectivity index (χ3n) is 28.2. The predicted octanol–water partition coefficient (Wildman–Crippen LogP) is 29.2. The Labute approximate surface area is 681 Å². The van der Waals surface area contributed by atoms with Gasteiger partial charge in [0, 0.05) is 59.8 Å². The normalized spacial score (nSPS) is 21.8. The smallest absolute Gasteiger partial charge is 0.201 e. The molecule has 0 radical (unpaired) electrons. The Hall–Kier alpha value is -8.79. The van der Waals surface area contributed by atoms with Gasteiger partial charge in [0.1, 0.15) is 21.1 Å². The second-order valence-corrected chi connectivity index (χ2v) is 36.2.